The lowest BCUT2D eigenvalue weighted by Gasteiger charge is -2.12. The molecule has 1 aromatic heterocycles. The van der Waals surface area contributed by atoms with Crippen molar-refractivity contribution in [2.24, 2.45) is 0 Å². The zero-order valence-electron chi connectivity index (χ0n) is 15.0. The molecule has 0 atom stereocenters. The van der Waals surface area contributed by atoms with Crippen molar-refractivity contribution in [1.82, 2.24) is 9.97 Å². The number of hydrogen-bond donors (Lipinski definition) is 2. The molecular weight excluding hydrogens is 395 g/mol. The number of alkyl halides is 3. The Morgan fingerprint density at radius 2 is 1.69 bits per heavy atom. The highest BCUT2D eigenvalue weighted by Crippen LogP contribution is 2.28. The van der Waals surface area contributed by atoms with Gasteiger partial charge in [0.15, 0.2) is 0 Å². The van der Waals surface area contributed by atoms with Crippen LogP contribution in [0.25, 0.3) is 11.3 Å². The molecule has 0 aliphatic heterocycles. The van der Waals surface area contributed by atoms with Gasteiger partial charge < -0.3 is 15.4 Å². The first-order valence-corrected chi connectivity index (χ1v) is 8.34. The van der Waals surface area contributed by atoms with Crippen LogP contribution in [-0.2, 0) is 6.54 Å². The molecule has 2 N–H and O–H groups in total. The standard InChI is InChI=1S/C19H15F5N4O/c1-25-18-27-16(12-3-2-4-15(7-12)29-19(22,23)24)9-17(28-18)26-10-11-5-13(20)8-14(21)6-11/h2-9H,10H2,1H3,(H2,25,26,27,28). The Kier molecular flexibility index (Phi) is 5.81. The van der Waals surface area contributed by atoms with Crippen LogP contribution in [0.3, 0.4) is 0 Å². The Balaban J connectivity index is 1.86. The first kappa shape index (κ1) is 20.3. The van der Waals surface area contributed by atoms with E-state index in [1.54, 1.807) is 13.1 Å². The number of benzene rings is 2. The van der Waals surface area contributed by atoms with Crippen LogP contribution in [0, 0.1) is 11.6 Å². The molecule has 0 spiro atoms. The monoisotopic (exact) mass is 410 g/mol. The van der Waals surface area contributed by atoms with E-state index in [1.807, 2.05) is 0 Å². The van der Waals surface area contributed by atoms with Crippen molar-refractivity contribution in [3.8, 4) is 17.0 Å². The summed E-state index contributed by atoms with van der Waals surface area (Å²) in [4.78, 5) is 8.41. The van der Waals surface area contributed by atoms with Crippen LogP contribution in [-0.4, -0.2) is 23.4 Å². The van der Waals surface area contributed by atoms with E-state index in [0.29, 0.717) is 22.6 Å². The van der Waals surface area contributed by atoms with Gasteiger partial charge in [-0.2, -0.15) is 4.98 Å². The highest BCUT2D eigenvalue weighted by atomic mass is 19.4. The van der Waals surface area contributed by atoms with Crippen LogP contribution in [0.5, 0.6) is 5.75 Å². The lowest BCUT2D eigenvalue weighted by Crippen LogP contribution is -2.17. The van der Waals surface area contributed by atoms with E-state index < -0.39 is 18.0 Å². The molecule has 0 aliphatic carbocycles. The van der Waals surface area contributed by atoms with Crippen molar-refractivity contribution in [2.75, 3.05) is 17.7 Å². The number of rotatable bonds is 6. The molecule has 0 aliphatic rings. The maximum atomic E-state index is 13.3. The van der Waals surface area contributed by atoms with Crippen LogP contribution < -0.4 is 15.4 Å². The van der Waals surface area contributed by atoms with Gasteiger partial charge in [0.05, 0.1) is 5.69 Å². The summed E-state index contributed by atoms with van der Waals surface area (Å²) in [6.07, 6.45) is -4.81. The minimum Gasteiger partial charge on any atom is -0.406 e. The predicted molar refractivity (Wildman–Crippen MR) is 97.4 cm³/mol. The summed E-state index contributed by atoms with van der Waals surface area (Å²) >= 11 is 0. The number of aromatic nitrogens is 2. The Bertz CT molecular complexity index is 990. The molecule has 5 nitrogen and oxygen atoms in total. The molecule has 3 aromatic rings. The van der Waals surface area contributed by atoms with Crippen molar-refractivity contribution in [2.45, 2.75) is 12.9 Å². The Morgan fingerprint density at radius 1 is 0.966 bits per heavy atom. The molecule has 0 unspecified atom stereocenters. The zero-order valence-corrected chi connectivity index (χ0v) is 15.0. The number of hydrogen-bond acceptors (Lipinski definition) is 5. The quantitative estimate of drug-likeness (QED) is 0.562. The maximum Gasteiger partial charge on any atom is 0.573 e. The molecule has 3 rings (SSSR count). The third-order valence-corrected chi connectivity index (χ3v) is 3.71. The fourth-order valence-electron chi connectivity index (χ4n) is 2.56. The normalized spacial score (nSPS) is 11.2. The summed E-state index contributed by atoms with van der Waals surface area (Å²) in [5.74, 6) is -1.28. The lowest BCUT2D eigenvalue weighted by atomic mass is 10.1. The average molecular weight is 410 g/mol. The van der Waals surface area contributed by atoms with Gasteiger partial charge in [0.25, 0.3) is 0 Å². The summed E-state index contributed by atoms with van der Waals surface area (Å²) in [5, 5.41) is 5.67. The van der Waals surface area contributed by atoms with Gasteiger partial charge in [-0.3, -0.25) is 0 Å². The lowest BCUT2D eigenvalue weighted by molar-refractivity contribution is -0.274. The SMILES string of the molecule is CNc1nc(NCc2cc(F)cc(F)c2)cc(-c2cccc(OC(F)(F)F)c2)n1. The second-order valence-electron chi connectivity index (χ2n) is 5.92. The van der Waals surface area contributed by atoms with Gasteiger partial charge in [-0.15, -0.1) is 13.2 Å². The topological polar surface area (TPSA) is 59.1 Å². The molecule has 0 saturated heterocycles. The largest absolute Gasteiger partial charge is 0.573 e. The molecule has 152 valence electrons. The predicted octanol–water partition coefficient (Wildman–Crippen LogP) is 4.97. The van der Waals surface area contributed by atoms with Crippen molar-refractivity contribution in [3.05, 3.63) is 65.7 Å². The summed E-state index contributed by atoms with van der Waals surface area (Å²) in [6, 6.07) is 9.96. The van der Waals surface area contributed by atoms with E-state index in [4.69, 9.17) is 0 Å². The van der Waals surface area contributed by atoms with Crippen LogP contribution in [0.1, 0.15) is 5.56 Å². The van der Waals surface area contributed by atoms with Gasteiger partial charge in [-0.05, 0) is 29.8 Å². The number of anilines is 2. The summed E-state index contributed by atoms with van der Waals surface area (Å²) in [6.45, 7) is 0.0749. The Hall–Kier alpha value is -3.43. The highest BCUT2D eigenvalue weighted by Gasteiger charge is 2.31. The third-order valence-electron chi connectivity index (χ3n) is 3.71. The molecule has 29 heavy (non-hydrogen) atoms. The second kappa shape index (κ2) is 8.29. The number of ether oxygens (including phenoxy) is 1. The van der Waals surface area contributed by atoms with Gasteiger partial charge in [0.2, 0.25) is 5.95 Å². The van der Waals surface area contributed by atoms with Gasteiger partial charge in [-0.25, -0.2) is 13.8 Å². The Labute approximate surface area is 162 Å². The van der Waals surface area contributed by atoms with Gasteiger partial charge >= 0.3 is 6.36 Å². The van der Waals surface area contributed by atoms with E-state index in [2.05, 4.69) is 25.3 Å². The molecule has 0 fully saturated rings. The zero-order chi connectivity index (χ0) is 21.0. The van der Waals surface area contributed by atoms with Gasteiger partial charge in [-0.1, -0.05) is 12.1 Å². The number of nitrogens with zero attached hydrogens (tertiary/aromatic N) is 2. The van der Waals surface area contributed by atoms with Gasteiger partial charge in [0, 0.05) is 31.3 Å². The van der Waals surface area contributed by atoms with Crippen molar-refractivity contribution in [3.63, 3.8) is 0 Å². The molecule has 0 radical (unpaired) electrons. The van der Waals surface area contributed by atoms with Gasteiger partial charge in [0.1, 0.15) is 23.2 Å². The minimum absolute atomic E-state index is 0.0749. The molecule has 0 saturated carbocycles. The van der Waals surface area contributed by atoms with Crippen LogP contribution in [0.4, 0.5) is 33.7 Å². The molecule has 10 heteroatoms. The summed E-state index contributed by atoms with van der Waals surface area (Å²) < 4.78 is 67.9. The first-order chi connectivity index (χ1) is 13.7. The average Bonchev–Trinajstić information content (AvgIpc) is 2.64. The van der Waals surface area contributed by atoms with Crippen LogP contribution >= 0.6 is 0 Å². The number of halogens is 5. The van der Waals surface area contributed by atoms with Crippen LogP contribution in [0.15, 0.2) is 48.5 Å². The minimum atomic E-state index is -4.81. The third kappa shape index (κ3) is 5.77. The first-order valence-electron chi connectivity index (χ1n) is 8.34. The summed E-state index contributed by atoms with van der Waals surface area (Å²) in [5.41, 5.74) is 1.05. The molecule has 0 bridgehead atoms. The van der Waals surface area contributed by atoms with Crippen molar-refractivity contribution in [1.29, 1.82) is 0 Å². The van der Waals surface area contributed by atoms with E-state index in [-0.39, 0.29) is 18.2 Å². The maximum absolute atomic E-state index is 13.3. The molecule has 2 aromatic carbocycles. The van der Waals surface area contributed by atoms with E-state index in [0.717, 1.165) is 6.07 Å². The molecule has 1 heterocycles. The number of nitrogens with one attached hydrogen (secondary N) is 2. The van der Waals surface area contributed by atoms with E-state index in [1.165, 1.54) is 36.4 Å². The van der Waals surface area contributed by atoms with Crippen molar-refractivity contribution < 1.29 is 26.7 Å². The molecular formula is C19H15F5N4O. The van der Waals surface area contributed by atoms with E-state index >= 15 is 0 Å². The second-order valence-corrected chi connectivity index (χ2v) is 5.92. The highest BCUT2D eigenvalue weighted by molar-refractivity contribution is 5.65. The van der Waals surface area contributed by atoms with Crippen LogP contribution in [0.2, 0.25) is 0 Å². The fourth-order valence-corrected chi connectivity index (χ4v) is 2.56. The summed E-state index contributed by atoms with van der Waals surface area (Å²) in [7, 11) is 1.58. The Morgan fingerprint density at radius 3 is 2.34 bits per heavy atom. The van der Waals surface area contributed by atoms with Crippen molar-refractivity contribution >= 4 is 11.8 Å². The fraction of sp³-hybridized carbons (Fsp3) is 0.158. The smallest absolute Gasteiger partial charge is 0.406 e. The van der Waals surface area contributed by atoms with E-state index in [9.17, 15) is 22.0 Å². The molecule has 0 amide bonds.